The van der Waals surface area contributed by atoms with Crippen LogP contribution in [0.5, 0.6) is 5.75 Å². The molecular formula is C22H17BrN2O6. The Morgan fingerprint density at radius 2 is 1.81 bits per heavy atom. The Morgan fingerprint density at radius 3 is 2.42 bits per heavy atom. The highest BCUT2D eigenvalue weighted by atomic mass is 79.9. The lowest BCUT2D eigenvalue weighted by Gasteiger charge is -2.11. The van der Waals surface area contributed by atoms with Crippen LogP contribution in [-0.4, -0.2) is 30.0 Å². The molecule has 3 N–H and O–H groups in total. The van der Waals surface area contributed by atoms with Gasteiger partial charge < -0.3 is 24.9 Å². The molecule has 8 nitrogen and oxygen atoms in total. The van der Waals surface area contributed by atoms with Crippen LogP contribution in [0.4, 0.5) is 5.69 Å². The SMILES string of the molecule is COc1ccc(C=C(NC(=O)c2ccc(Br)o2)C(=O)Nc2cccc(C(=O)O)c2)cc1. The summed E-state index contributed by atoms with van der Waals surface area (Å²) in [7, 11) is 1.54. The van der Waals surface area contributed by atoms with Crippen LogP contribution in [0.15, 0.2) is 75.4 Å². The summed E-state index contributed by atoms with van der Waals surface area (Å²) in [4.78, 5) is 36.6. The smallest absolute Gasteiger partial charge is 0.335 e. The lowest BCUT2D eigenvalue weighted by molar-refractivity contribution is -0.113. The van der Waals surface area contributed by atoms with Crippen molar-refractivity contribution in [1.29, 1.82) is 0 Å². The average Bonchev–Trinajstić information content (AvgIpc) is 3.20. The third-order valence-corrected chi connectivity index (χ3v) is 4.51. The van der Waals surface area contributed by atoms with Gasteiger partial charge in [-0.25, -0.2) is 4.79 Å². The van der Waals surface area contributed by atoms with Crippen molar-refractivity contribution in [3.8, 4) is 5.75 Å². The molecule has 1 heterocycles. The van der Waals surface area contributed by atoms with E-state index < -0.39 is 17.8 Å². The maximum absolute atomic E-state index is 12.9. The zero-order chi connectivity index (χ0) is 22.4. The van der Waals surface area contributed by atoms with Crippen LogP contribution < -0.4 is 15.4 Å². The van der Waals surface area contributed by atoms with E-state index in [0.717, 1.165) is 0 Å². The average molecular weight is 485 g/mol. The molecule has 0 spiro atoms. The zero-order valence-electron chi connectivity index (χ0n) is 16.2. The normalized spacial score (nSPS) is 11.0. The fourth-order valence-corrected chi connectivity index (χ4v) is 2.88. The molecule has 0 bridgehead atoms. The van der Waals surface area contributed by atoms with E-state index in [0.29, 0.717) is 16.0 Å². The Morgan fingerprint density at radius 1 is 1.06 bits per heavy atom. The fraction of sp³-hybridized carbons (Fsp3) is 0.0455. The fourth-order valence-electron chi connectivity index (χ4n) is 2.57. The predicted octanol–water partition coefficient (Wildman–Crippen LogP) is 4.16. The Balaban J connectivity index is 1.89. The number of carbonyl (C=O) groups excluding carboxylic acids is 2. The van der Waals surface area contributed by atoms with E-state index in [1.165, 1.54) is 37.5 Å². The lowest BCUT2D eigenvalue weighted by Crippen LogP contribution is -2.30. The summed E-state index contributed by atoms with van der Waals surface area (Å²) in [6, 6.07) is 15.6. The van der Waals surface area contributed by atoms with Gasteiger partial charge >= 0.3 is 5.97 Å². The highest BCUT2D eigenvalue weighted by Crippen LogP contribution is 2.17. The monoisotopic (exact) mass is 484 g/mol. The second-order valence-electron chi connectivity index (χ2n) is 6.23. The molecule has 2 aromatic carbocycles. The molecule has 0 saturated heterocycles. The standard InChI is InChI=1S/C22H17BrN2O6/c1-30-16-7-5-13(6-8-16)11-17(25-21(27)18-9-10-19(23)31-18)20(26)24-15-4-2-3-14(12-15)22(28)29/h2-12H,1H3,(H,24,26)(H,25,27)(H,28,29). The molecule has 1 aromatic heterocycles. The van der Waals surface area contributed by atoms with E-state index in [1.54, 1.807) is 36.4 Å². The van der Waals surface area contributed by atoms with Crippen molar-refractivity contribution in [2.45, 2.75) is 0 Å². The molecule has 158 valence electrons. The van der Waals surface area contributed by atoms with Crippen molar-refractivity contribution in [2.24, 2.45) is 0 Å². The minimum atomic E-state index is -1.12. The molecular weight excluding hydrogens is 468 g/mol. The molecule has 3 rings (SSSR count). The number of aromatic carboxylic acids is 1. The molecule has 0 unspecified atom stereocenters. The summed E-state index contributed by atoms with van der Waals surface area (Å²) in [5.74, 6) is -1.75. The third-order valence-electron chi connectivity index (χ3n) is 4.08. The summed E-state index contributed by atoms with van der Waals surface area (Å²) in [6.07, 6.45) is 1.48. The summed E-state index contributed by atoms with van der Waals surface area (Å²) in [5, 5.41) is 14.3. The van der Waals surface area contributed by atoms with Gasteiger partial charge in [-0.2, -0.15) is 0 Å². The first-order valence-electron chi connectivity index (χ1n) is 8.93. The summed E-state index contributed by atoms with van der Waals surface area (Å²) in [6.45, 7) is 0. The molecule has 0 saturated carbocycles. The number of methoxy groups -OCH3 is 1. The number of carboxylic acids is 1. The van der Waals surface area contributed by atoms with Crippen molar-refractivity contribution >= 4 is 45.5 Å². The van der Waals surface area contributed by atoms with Gasteiger partial charge in [0.05, 0.1) is 12.7 Å². The number of nitrogens with one attached hydrogen (secondary N) is 2. The topological polar surface area (TPSA) is 118 Å². The number of carboxylic acid groups (broad SMARTS) is 1. The van der Waals surface area contributed by atoms with Crippen molar-refractivity contribution in [2.75, 3.05) is 12.4 Å². The van der Waals surface area contributed by atoms with Crippen molar-refractivity contribution in [3.05, 3.63) is 87.9 Å². The Labute approximate surface area is 185 Å². The van der Waals surface area contributed by atoms with Gasteiger partial charge in [-0.05, 0) is 70.0 Å². The third kappa shape index (κ3) is 5.83. The van der Waals surface area contributed by atoms with E-state index in [1.807, 2.05) is 0 Å². The highest BCUT2D eigenvalue weighted by molar-refractivity contribution is 9.10. The van der Waals surface area contributed by atoms with Crippen molar-refractivity contribution in [1.82, 2.24) is 5.32 Å². The van der Waals surface area contributed by atoms with E-state index in [-0.39, 0.29) is 22.7 Å². The van der Waals surface area contributed by atoms with Crippen LogP contribution >= 0.6 is 15.9 Å². The number of amides is 2. The number of benzene rings is 2. The van der Waals surface area contributed by atoms with E-state index in [2.05, 4.69) is 26.6 Å². The number of ether oxygens (including phenoxy) is 1. The van der Waals surface area contributed by atoms with Crippen LogP contribution in [-0.2, 0) is 4.79 Å². The molecule has 0 atom stereocenters. The van der Waals surface area contributed by atoms with E-state index >= 15 is 0 Å². The summed E-state index contributed by atoms with van der Waals surface area (Å²) in [5.41, 5.74) is 0.845. The number of anilines is 1. The molecule has 3 aromatic rings. The van der Waals surface area contributed by atoms with Gasteiger partial charge in [0.15, 0.2) is 10.4 Å². The molecule has 0 radical (unpaired) electrons. The van der Waals surface area contributed by atoms with Crippen LogP contribution in [0.3, 0.4) is 0 Å². The van der Waals surface area contributed by atoms with E-state index in [9.17, 15) is 14.4 Å². The maximum atomic E-state index is 12.9. The van der Waals surface area contributed by atoms with Gasteiger partial charge in [0.1, 0.15) is 11.4 Å². The summed E-state index contributed by atoms with van der Waals surface area (Å²) >= 11 is 3.13. The first-order chi connectivity index (χ1) is 14.9. The van der Waals surface area contributed by atoms with Gasteiger partial charge in [-0.15, -0.1) is 0 Å². The van der Waals surface area contributed by atoms with Crippen LogP contribution in [0.1, 0.15) is 26.5 Å². The molecule has 31 heavy (non-hydrogen) atoms. The van der Waals surface area contributed by atoms with Gasteiger partial charge in [0, 0.05) is 5.69 Å². The number of rotatable bonds is 7. The second-order valence-corrected chi connectivity index (χ2v) is 7.01. The molecule has 0 aliphatic heterocycles. The van der Waals surface area contributed by atoms with Crippen LogP contribution in [0.25, 0.3) is 6.08 Å². The van der Waals surface area contributed by atoms with Gasteiger partial charge in [-0.3, -0.25) is 9.59 Å². The van der Waals surface area contributed by atoms with Crippen molar-refractivity contribution in [3.63, 3.8) is 0 Å². The molecule has 0 aliphatic carbocycles. The van der Waals surface area contributed by atoms with Crippen LogP contribution in [0.2, 0.25) is 0 Å². The molecule has 0 fully saturated rings. The number of carbonyl (C=O) groups is 3. The number of halogens is 1. The van der Waals surface area contributed by atoms with E-state index in [4.69, 9.17) is 14.3 Å². The largest absolute Gasteiger partial charge is 0.497 e. The Hall–Kier alpha value is -3.85. The van der Waals surface area contributed by atoms with Gasteiger partial charge in [0.2, 0.25) is 0 Å². The zero-order valence-corrected chi connectivity index (χ0v) is 17.8. The maximum Gasteiger partial charge on any atom is 0.335 e. The number of hydrogen-bond acceptors (Lipinski definition) is 5. The van der Waals surface area contributed by atoms with Crippen LogP contribution in [0, 0.1) is 0 Å². The molecule has 0 aliphatic rings. The Kier molecular flexibility index (Phi) is 6.88. The minimum absolute atomic E-state index is 0.00757. The first-order valence-corrected chi connectivity index (χ1v) is 9.72. The number of furan rings is 1. The van der Waals surface area contributed by atoms with Gasteiger partial charge in [0.25, 0.3) is 11.8 Å². The Bertz CT molecular complexity index is 1150. The lowest BCUT2D eigenvalue weighted by atomic mass is 10.1. The quantitative estimate of drug-likeness (QED) is 0.433. The van der Waals surface area contributed by atoms with Gasteiger partial charge in [-0.1, -0.05) is 18.2 Å². The predicted molar refractivity (Wildman–Crippen MR) is 117 cm³/mol. The summed E-state index contributed by atoms with van der Waals surface area (Å²) < 4.78 is 10.7. The minimum Gasteiger partial charge on any atom is -0.497 e. The highest BCUT2D eigenvalue weighted by Gasteiger charge is 2.18. The molecule has 9 heteroatoms. The number of hydrogen-bond donors (Lipinski definition) is 3. The molecule has 2 amide bonds. The first kappa shape index (κ1) is 21.8. The second kappa shape index (κ2) is 9.77. The van der Waals surface area contributed by atoms with Crippen molar-refractivity contribution < 1.29 is 28.6 Å².